The lowest BCUT2D eigenvalue weighted by molar-refractivity contribution is -0.0190. The van der Waals surface area contributed by atoms with E-state index in [0.717, 1.165) is 38.3 Å². The molecule has 0 spiro atoms. The maximum absolute atomic E-state index is 14.3. The maximum atomic E-state index is 14.3. The van der Waals surface area contributed by atoms with Crippen LogP contribution in [0.25, 0.3) is 0 Å². The van der Waals surface area contributed by atoms with Crippen LogP contribution in [-0.4, -0.2) is 87.4 Å². The van der Waals surface area contributed by atoms with Gasteiger partial charge in [-0.05, 0) is 89.2 Å². The van der Waals surface area contributed by atoms with Crippen molar-refractivity contribution in [2.24, 2.45) is 11.8 Å². The van der Waals surface area contributed by atoms with Crippen molar-refractivity contribution in [1.29, 1.82) is 0 Å². The number of aliphatic hydroxyl groups excluding tert-OH is 1. The van der Waals surface area contributed by atoms with Gasteiger partial charge in [-0.15, -0.1) is 0 Å². The zero-order valence-electron chi connectivity index (χ0n) is 27.5. The molecule has 0 aromatic heterocycles. The molecule has 1 aliphatic carbocycles. The Kier molecular flexibility index (Phi) is 13.1. The fourth-order valence-corrected chi connectivity index (χ4v) is 7.53. The molecule has 1 aliphatic heterocycles. The zero-order valence-corrected chi connectivity index (χ0v) is 28.3. The van der Waals surface area contributed by atoms with E-state index in [-0.39, 0.29) is 46.8 Å². The second kappa shape index (κ2) is 16.8. The van der Waals surface area contributed by atoms with Gasteiger partial charge in [0.25, 0.3) is 15.9 Å². The molecule has 45 heavy (non-hydrogen) atoms. The van der Waals surface area contributed by atoms with Gasteiger partial charge in [0.1, 0.15) is 5.75 Å². The van der Waals surface area contributed by atoms with Crippen molar-refractivity contribution in [3.63, 3.8) is 0 Å². The number of rotatable bonds is 9. The monoisotopic (exact) mass is 643 g/mol. The van der Waals surface area contributed by atoms with Gasteiger partial charge in [-0.3, -0.25) is 9.52 Å². The van der Waals surface area contributed by atoms with Crippen LogP contribution in [0.5, 0.6) is 5.75 Å². The van der Waals surface area contributed by atoms with Gasteiger partial charge in [0.2, 0.25) is 0 Å². The molecule has 0 saturated heterocycles. The Balaban J connectivity index is 1.62. The summed E-state index contributed by atoms with van der Waals surface area (Å²) in [5.41, 5.74) is 0.519. The van der Waals surface area contributed by atoms with E-state index in [1.165, 1.54) is 44.2 Å². The van der Waals surface area contributed by atoms with Crippen molar-refractivity contribution in [1.82, 2.24) is 9.80 Å². The Labute approximate surface area is 270 Å². The van der Waals surface area contributed by atoms with Crippen molar-refractivity contribution < 1.29 is 27.8 Å². The fourth-order valence-electron chi connectivity index (χ4n) is 6.45. The SMILES string of the molecule is C[C@@H]1CN([C@H](C)CO)C(=O)c2cc(NS(=O)(=O)c3ccccc3)ccc2O[C@@H](C)CCCCO[C@@H]1CN(C)CC1CCCCC1. The van der Waals surface area contributed by atoms with Crippen molar-refractivity contribution in [3.05, 3.63) is 54.1 Å². The molecule has 0 radical (unpaired) electrons. The van der Waals surface area contributed by atoms with Crippen LogP contribution in [0.3, 0.4) is 0 Å². The Bertz CT molecular complexity index is 1320. The molecule has 2 aromatic carbocycles. The quantitative estimate of drug-likeness (QED) is 0.356. The van der Waals surface area contributed by atoms with E-state index in [4.69, 9.17) is 9.47 Å². The number of amides is 1. The summed E-state index contributed by atoms with van der Waals surface area (Å²) in [6.07, 6.45) is 8.90. The van der Waals surface area contributed by atoms with Gasteiger partial charge in [-0.25, -0.2) is 8.42 Å². The first-order chi connectivity index (χ1) is 21.6. The predicted molar refractivity (Wildman–Crippen MR) is 178 cm³/mol. The Hall–Kier alpha value is -2.66. The molecular weight excluding hydrogens is 590 g/mol. The van der Waals surface area contributed by atoms with E-state index >= 15 is 0 Å². The molecule has 2 N–H and O–H groups in total. The van der Waals surface area contributed by atoms with Gasteiger partial charge in [-0.1, -0.05) is 44.4 Å². The fraction of sp³-hybridized carbons (Fsp3) is 0.629. The van der Waals surface area contributed by atoms with E-state index < -0.39 is 16.1 Å². The van der Waals surface area contributed by atoms with Gasteiger partial charge in [0.05, 0.1) is 35.3 Å². The number of nitrogens with zero attached hydrogens (tertiary/aromatic N) is 2. The van der Waals surface area contributed by atoms with Gasteiger partial charge in [0.15, 0.2) is 0 Å². The average Bonchev–Trinajstić information content (AvgIpc) is 3.03. The van der Waals surface area contributed by atoms with Crippen molar-refractivity contribution in [2.75, 3.05) is 44.6 Å². The Morgan fingerprint density at radius 1 is 1.00 bits per heavy atom. The number of sulfonamides is 1. The van der Waals surface area contributed by atoms with Crippen LogP contribution in [0.2, 0.25) is 0 Å². The van der Waals surface area contributed by atoms with Crippen molar-refractivity contribution in [2.45, 2.75) is 95.3 Å². The minimum atomic E-state index is -3.87. The normalized spacial score (nSPS) is 23.6. The number of hydrogen-bond donors (Lipinski definition) is 2. The predicted octanol–water partition coefficient (Wildman–Crippen LogP) is 5.80. The molecule has 9 nitrogen and oxygen atoms in total. The average molecular weight is 644 g/mol. The highest BCUT2D eigenvalue weighted by Crippen LogP contribution is 2.30. The number of hydrogen-bond acceptors (Lipinski definition) is 7. The Morgan fingerprint density at radius 3 is 2.42 bits per heavy atom. The summed E-state index contributed by atoms with van der Waals surface area (Å²) in [5.74, 6) is 0.784. The largest absolute Gasteiger partial charge is 0.490 e. The standard InChI is InChI=1S/C35H53N3O6S/c1-26-22-38(27(2)25-39)35(40)32-21-30(36-45(41,42)31-16-9-6-10-17-31)18-19-33(32)44-28(3)13-11-12-20-43-34(26)24-37(4)23-29-14-7-5-8-15-29/h6,9-10,16-19,21,26-29,34,36,39H,5,7-8,11-15,20,22-25H2,1-4H3/t26-,27-,28+,34-/m1/s1. The molecule has 0 bridgehead atoms. The minimum Gasteiger partial charge on any atom is -0.490 e. The molecule has 1 heterocycles. The maximum Gasteiger partial charge on any atom is 0.261 e. The lowest BCUT2D eigenvalue weighted by atomic mass is 9.89. The summed E-state index contributed by atoms with van der Waals surface area (Å²) >= 11 is 0. The van der Waals surface area contributed by atoms with E-state index in [2.05, 4.69) is 23.6 Å². The van der Waals surface area contributed by atoms with Crippen molar-refractivity contribution >= 4 is 21.6 Å². The number of nitrogens with one attached hydrogen (secondary N) is 1. The molecular formula is C35H53N3O6S. The number of ether oxygens (including phenoxy) is 2. The molecule has 1 amide bonds. The van der Waals surface area contributed by atoms with Gasteiger partial charge in [-0.2, -0.15) is 0 Å². The highest BCUT2D eigenvalue weighted by atomic mass is 32.2. The topological polar surface area (TPSA) is 108 Å². The third-order valence-electron chi connectivity index (χ3n) is 9.14. The third kappa shape index (κ3) is 10.2. The van der Waals surface area contributed by atoms with E-state index in [0.29, 0.717) is 18.9 Å². The first-order valence-corrected chi connectivity index (χ1v) is 18.2. The number of carbonyl (C=O) groups is 1. The summed E-state index contributed by atoms with van der Waals surface area (Å²) < 4.78 is 41.6. The summed E-state index contributed by atoms with van der Waals surface area (Å²) in [5, 5.41) is 10.2. The number of fused-ring (bicyclic) bond motifs is 1. The van der Waals surface area contributed by atoms with Crippen LogP contribution in [0, 0.1) is 11.8 Å². The molecule has 4 rings (SSSR count). The highest BCUT2D eigenvalue weighted by Gasteiger charge is 2.31. The molecule has 1 saturated carbocycles. The van der Waals surface area contributed by atoms with E-state index in [9.17, 15) is 18.3 Å². The third-order valence-corrected chi connectivity index (χ3v) is 10.5. The molecule has 2 aromatic rings. The van der Waals surface area contributed by atoms with Crippen LogP contribution in [0.15, 0.2) is 53.4 Å². The Morgan fingerprint density at radius 2 is 1.71 bits per heavy atom. The number of likely N-dealkylation sites (N-methyl/N-ethyl adjacent to an activating group) is 1. The second-order valence-corrected chi connectivity index (χ2v) is 14.8. The second-order valence-electron chi connectivity index (χ2n) is 13.2. The summed E-state index contributed by atoms with van der Waals surface area (Å²) in [7, 11) is -1.70. The van der Waals surface area contributed by atoms with Crippen LogP contribution in [-0.2, 0) is 14.8 Å². The smallest absolute Gasteiger partial charge is 0.261 e. The van der Waals surface area contributed by atoms with E-state index in [1.807, 2.05) is 13.8 Å². The zero-order chi connectivity index (χ0) is 32.4. The minimum absolute atomic E-state index is 0.0113. The number of carbonyl (C=O) groups excluding carboxylic acids is 1. The summed E-state index contributed by atoms with van der Waals surface area (Å²) in [4.78, 5) is 18.5. The molecule has 1 fully saturated rings. The van der Waals surface area contributed by atoms with Crippen LogP contribution >= 0.6 is 0 Å². The van der Waals surface area contributed by atoms with Gasteiger partial charge in [0, 0.05) is 37.8 Å². The van der Waals surface area contributed by atoms with Crippen molar-refractivity contribution in [3.8, 4) is 5.75 Å². The lowest BCUT2D eigenvalue weighted by Crippen LogP contribution is -2.47. The van der Waals surface area contributed by atoms with E-state index in [1.54, 1.807) is 41.3 Å². The molecule has 4 atom stereocenters. The van der Waals surface area contributed by atoms with Crippen LogP contribution in [0.4, 0.5) is 5.69 Å². The summed E-state index contributed by atoms with van der Waals surface area (Å²) in [6, 6.07) is 12.5. The highest BCUT2D eigenvalue weighted by molar-refractivity contribution is 7.92. The van der Waals surface area contributed by atoms with Gasteiger partial charge >= 0.3 is 0 Å². The first-order valence-electron chi connectivity index (χ1n) is 16.7. The summed E-state index contributed by atoms with van der Waals surface area (Å²) in [6.45, 7) is 8.54. The van der Waals surface area contributed by atoms with Crippen LogP contribution < -0.4 is 9.46 Å². The number of aliphatic hydroxyl groups is 1. The van der Waals surface area contributed by atoms with Crippen LogP contribution in [0.1, 0.15) is 82.5 Å². The molecule has 2 aliphatic rings. The van der Waals surface area contributed by atoms with Gasteiger partial charge < -0.3 is 24.4 Å². The molecule has 0 unspecified atom stereocenters. The first kappa shape index (κ1) is 35.2. The number of benzene rings is 2. The lowest BCUT2D eigenvalue weighted by Gasteiger charge is -2.36. The number of anilines is 1. The molecule has 10 heteroatoms. The molecule has 250 valence electrons.